The maximum Gasteiger partial charge on any atom is 0.164 e. The molecule has 10 rings (SSSR count). The second-order valence-electron chi connectivity index (χ2n) is 12.0. The summed E-state index contributed by atoms with van der Waals surface area (Å²) in [5.74, 6) is 1.96. The van der Waals surface area contributed by atoms with Gasteiger partial charge >= 0.3 is 0 Å². The predicted octanol–water partition coefficient (Wildman–Crippen LogP) is 11.5. The Morgan fingerprint density at radius 1 is 0.396 bits per heavy atom. The van der Waals surface area contributed by atoms with Crippen LogP contribution in [0.4, 0.5) is 0 Å². The fourth-order valence-electron chi connectivity index (χ4n) is 7.08. The predicted molar refractivity (Wildman–Crippen MR) is 201 cm³/mol. The normalized spacial score (nSPS) is 11.8. The number of benzene rings is 7. The van der Waals surface area contributed by atoms with E-state index in [1.54, 1.807) is 0 Å². The van der Waals surface area contributed by atoms with Crippen LogP contribution in [0.25, 0.3) is 92.6 Å². The molecule has 0 unspecified atom stereocenters. The molecule has 3 heterocycles. The Morgan fingerprint density at radius 2 is 0.896 bits per heavy atom. The van der Waals surface area contributed by atoms with Gasteiger partial charge in [-0.05, 0) is 36.4 Å². The highest BCUT2D eigenvalue weighted by atomic mass is 32.1. The fourth-order valence-corrected chi connectivity index (χ4v) is 8.33. The van der Waals surface area contributed by atoms with Gasteiger partial charge in [-0.25, -0.2) is 15.0 Å². The van der Waals surface area contributed by atoms with Crippen molar-refractivity contribution >= 4 is 64.1 Å². The van der Waals surface area contributed by atoms with Crippen LogP contribution in [-0.4, -0.2) is 19.5 Å². The third-order valence-electron chi connectivity index (χ3n) is 9.23. The van der Waals surface area contributed by atoms with Crippen LogP contribution in [0.2, 0.25) is 0 Å². The number of para-hydroxylation sites is 1. The van der Waals surface area contributed by atoms with E-state index in [9.17, 15) is 0 Å². The number of hydrogen-bond acceptors (Lipinski definition) is 4. The molecular formula is C43H26N4S. The van der Waals surface area contributed by atoms with E-state index in [4.69, 9.17) is 15.0 Å². The highest BCUT2D eigenvalue weighted by molar-refractivity contribution is 7.27. The molecule has 0 amide bonds. The summed E-state index contributed by atoms with van der Waals surface area (Å²) < 4.78 is 5.09. The van der Waals surface area contributed by atoms with Crippen LogP contribution in [0.3, 0.4) is 0 Å². The molecule has 3 aromatic heterocycles. The Hall–Kier alpha value is -6.17. The molecule has 0 N–H and O–H groups in total. The molecule has 0 saturated heterocycles. The van der Waals surface area contributed by atoms with Gasteiger partial charge in [-0.2, -0.15) is 0 Å². The lowest BCUT2D eigenvalue weighted by atomic mass is 10.00. The third kappa shape index (κ3) is 4.11. The van der Waals surface area contributed by atoms with Gasteiger partial charge in [0, 0.05) is 64.1 Å². The lowest BCUT2D eigenvalue weighted by Crippen LogP contribution is -2.00. The molecule has 4 nitrogen and oxygen atoms in total. The van der Waals surface area contributed by atoms with E-state index in [-0.39, 0.29) is 0 Å². The molecule has 0 saturated carbocycles. The molecule has 5 heteroatoms. The summed E-state index contributed by atoms with van der Waals surface area (Å²) in [4.78, 5) is 14.8. The highest BCUT2D eigenvalue weighted by Gasteiger charge is 2.21. The topological polar surface area (TPSA) is 43.6 Å². The van der Waals surface area contributed by atoms with Crippen molar-refractivity contribution in [2.24, 2.45) is 0 Å². The van der Waals surface area contributed by atoms with Gasteiger partial charge in [-0.3, -0.25) is 0 Å². The van der Waals surface area contributed by atoms with Crippen molar-refractivity contribution < 1.29 is 0 Å². The van der Waals surface area contributed by atoms with Crippen molar-refractivity contribution in [1.29, 1.82) is 0 Å². The minimum Gasteiger partial charge on any atom is -0.309 e. The zero-order chi connectivity index (χ0) is 31.6. The van der Waals surface area contributed by atoms with Crippen molar-refractivity contribution in [3.8, 4) is 39.9 Å². The van der Waals surface area contributed by atoms with Gasteiger partial charge in [-0.1, -0.05) is 121 Å². The minimum atomic E-state index is 0.647. The molecule has 10 aromatic rings. The van der Waals surface area contributed by atoms with Crippen molar-refractivity contribution in [2.75, 3.05) is 0 Å². The van der Waals surface area contributed by atoms with E-state index < -0.39 is 0 Å². The first-order valence-corrected chi connectivity index (χ1v) is 16.9. The standard InChI is InChI=1S/C43H26N4S/c1-3-13-27(14-4-1)41-44-42(28-15-5-2-6-16-28)46-43(45-41)29-23-25-30(26-24-29)47-35-21-11-9-19-33(35)37-38-34-20-10-12-22-36(34)48-40(38)32-18-8-7-17-31(32)39(37)47/h1-26H. The molecule has 0 atom stereocenters. The van der Waals surface area contributed by atoms with E-state index >= 15 is 0 Å². The van der Waals surface area contributed by atoms with Crippen LogP contribution in [0, 0.1) is 0 Å². The van der Waals surface area contributed by atoms with Crippen molar-refractivity contribution in [3.63, 3.8) is 0 Å². The van der Waals surface area contributed by atoms with Crippen LogP contribution in [0.15, 0.2) is 158 Å². The van der Waals surface area contributed by atoms with Gasteiger partial charge in [0.25, 0.3) is 0 Å². The maximum absolute atomic E-state index is 4.96. The van der Waals surface area contributed by atoms with Crippen LogP contribution < -0.4 is 0 Å². The van der Waals surface area contributed by atoms with E-state index in [2.05, 4.69) is 102 Å². The van der Waals surface area contributed by atoms with Crippen LogP contribution >= 0.6 is 11.3 Å². The SMILES string of the molecule is c1ccc(-c2nc(-c3ccccc3)nc(-c3ccc(-n4c5ccccc5c5c6c7ccccc7sc6c6ccccc6c54)cc3)n2)cc1. The third-order valence-corrected chi connectivity index (χ3v) is 10.4. The number of thiophene rings is 1. The van der Waals surface area contributed by atoms with Gasteiger partial charge in [0.1, 0.15) is 0 Å². The first-order chi connectivity index (χ1) is 23.8. The molecule has 0 aliphatic rings. The number of fused-ring (bicyclic) bond motifs is 10. The number of nitrogens with zero attached hydrogens (tertiary/aromatic N) is 4. The largest absolute Gasteiger partial charge is 0.309 e. The number of hydrogen-bond donors (Lipinski definition) is 0. The molecule has 0 fully saturated rings. The molecule has 0 aliphatic carbocycles. The van der Waals surface area contributed by atoms with E-state index in [0.29, 0.717) is 17.5 Å². The second-order valence-corrected chi connectivity index (χ2v) is 13.1. The molecule has 48 heavy (non-hydrogen) atoms. The summed E-state index contributed by atoms with van der Waals surface area (Å²) in [5.41, 5.74) is 6.36. The molecule has 0 spiro atoms. The average Bonchev–Trinajstić information content (AvgIpc) is 3.72. The van der Waals surface area contributed by atoms with Gasteiger partial charge in [-0.15, -0.1) is 11.3 Å². The van der Waals surface area contributed by atoms with Crippen molar-refractivity contribution in [1.82, 2.24) is 19.5 Å². The quantitative estimate of drug-likeness (QED) is 0.194. The fraction of sp³-hybridized carbons (Fsp3) is 0. The molecule has 0 aliphatic heterocycles. The van der Waals surface area contributed by atoms with Crippen LogP contribution in [-0.2, 0) is 0 Å². The molecule has 0 radical (unpaired) electrons. The van der Waals surface area contributed by atoms with Crippen LogP contribution in [0.1, 0.15) is 0 Å². The zero-order valence-corrected chi connectivity index (χ0v) is 26.5. The Balaban J connectivity index is 1.21. The Kier molecular flexibility index (Phi) is 6.01. The summed E-state index contributed by atoms with van der Waals surface area (Å²) >= 11 is 1.89. The number of rotatable bonds is 4. The Labute approximate surface area is 280 Å². The van der Waals surface area contributed by atoms with Gasteiger partial charge in [0.15, 0.2) is 17.5 Å². The van der Waals surface area contributed by atoms with Gasteiger partial charge in [0.05, 0.1) is 11.0 Å². The van der Waals surface area contributed by atoms with Crippen LogP contribution in [0.5, 0.6) is 0 Å². The average molecular weight is 631 g/mol. The lowest BCUT2D eigenvalue weighted by molar-refractivity contribution is 1.07. The van der Waals surface area contributed by atoms with E-state index in [1.807, 2.05) is 72.0 Å². The van der Waals surface area contributed by atoms with E-state index in [1.165, 1.54) is 52.8 Å². The summed E-state index contributed by atoms with van der Waals surface area (Å²) in [7, 11) is 0. The summed E-state index contributed by atoms with van der Waals surface area (Å²) in [6.45, 7) is 0. The molecule has 0 bridgehead atoms. The summed E-state index contributed by atoms with van der Waals surface area (Å²) in [6, 6.07) is 55.3. The first-order valence-electron chi connectivity index (χ1n) is 16.0. The molecule has 224 valence electrons. The van der Waals surface area contributed by atoms with Crippen molar-refractivity contribution in [2.45, 2.75) is 0 Å². The minimum absolute atomic E-state index is 0.647. The van der Waals surface area contributed by atoms with E-state index in [0.717, 1.165) is 22.4 Å². The van der Waals surface area contributed by atoms with Crippen molar-refractivity contribution in [3.05, 3.63) is 158 Å². The maximum atomic E-state index is 4.96. The zero-order valence-electron chi connectivity index (χ0n) is 25.7. The molecule has 7 aromatic carbocycles. The highest BCUT2D eigenvalue weighted by Crippen LogP contribution is 2.47. The smallest absolute Gasteiger partial charge is 0.164 e. The lowest BCUT2D eigenvalue weighted by Gasteiger charge is -2.12. The Morgan fingerprint density at radius 3 is 1.54 bits per heavy atom. The Bertz CT molecular complexity index is 2760. The second kappa shape index (κ2) is 10.7. The summed E-state index contributed by atoms with van der Waals surface area (Å²) in [6.07, 6.45) is 0. The summed E-state index contributed by atoms with van der Waals surface area (Å²) in [5, 5.41) is 7.75. The molecular weight excluding hydrogens is 605 g/mol. The van der Waals surface area contributed by atoms with Gasteiger partial charge in [0.2, 0.25) is 0 Å². The first kappa shape index (κ1) is 27.0. The number of aromatic nitrogens is 4. The monoisotopic (exact) mass is 630 g/mol. The van der Waals surface area contributed by atoms with Gasteiger partial charge < -0.3 is 4.57 Å².